The van der Waals surface area contributed by atoms with E-state index in [1.807, 2.05) is 0 Å². The second kappa shape index (κ2) is 7.24. The second-order valence-corrected chi connectivity index (χ2v) is 4.84. The van der Waals surface area contributed by atoms with E-state index in [-0.39, 0.29) is 0 Å². The van der Waals surface area contributed by atoms with E-state index in [1.54, 1.807) is 0 Å². The highest BCUT2D eigenvalue weighted by molar-refractivity contribution is 4.78. The van der Waals surface area contributed by atoms with Crippen molar-refractivity contribution in [2.45, 2.75) is 58.4 Å². The minimum absolute atomic E-state index is 0.832. The first-order valence-electron chi connectivity index (χ1n) is 6.75. The van der Waals surface area contributed by atoms with Gasteiger partial charge in [-0.1, -0.05) is 33.1 Å². The fraction of sp³-hybridized carbons (Fsp3) is 1.00. The van der Waals surface area contributed by atoms with Crippen molar-refractivity contribution in [3.05, 3.63) is 0 Å². The molecule has 0 bridgehead atoms. The molecule has 0 saturated heterocycles. The van der Waals surface area contributed by atoms with Gasteiger partial charge in [-0.2, -0.15) is 0 Å². The Kier molecular flexibility index (Phi) is 6.26. The van der Waals surface area contributed by atoms with E-state index < -0.39 is 0 Å². The van der Waals surface area contributed by atoms with E-state index in [9.17, 15) is 0 Å². The Hall–Kier alpha value is -0.0800. The van der Waals surface area contributed by atoms with Crippen LogP contribution in [0.15, 0.2) is 0 Å². The van der Waals surface area contributed by atoms with E-state index in [0.29, 0.717) is 0 Å². The Labute approximate surface area is 95.2 Å². The van der Waals surface area contributed by atoms with Gasteiger partial charge in [-0.3, -0.25) is 0 Å². The van der Waals surface area contributed by atoms with Gasteiger partial charge in [0.15, 0.2) is 0 Å². The van der Waals surface area contributed by atoms with Crippen LogP contribution in [0.3, 0.4) is 0 Å². The van der Waals surface area contributed by atoms with Crippen LogP contribution >= 0.6 is 0 Å². The molecule has 1 aliphatic carbocycles. The zero-order valence-electron chi connectivity index (χ0n) is 10.5. The van der Waals surface area contributed by atoms with Gasteiger partial charge in [0.1, 0.15) is 0 Å². The molecule has 1 aliphatic rings. The minimum Gasteiger partial charge on any atom is -0.330 e. The van der Waals surface area contributed by atoms with E-state index in [2.05, 4.69) is 18.7 Å². The van der Waals surface area contributed by atoms with Gasteiger partial charge < -0.3 is 10.6 Å². The van der Waals surface area contributed by atoms with E-state index in [4.69, 9.17) is 5.73 Å². The summed E-state index contributed by atoms with van der Waals surface area (Å²) in [6.45, 7) is 7.85. The van der Waals surface area contributed by atoms with Crippen molar-refractivity contribution in [2.75, 3.05) is 19.6 Å². The maximum absolute atomic E-state index is 5.68. The molecule has 0 amide bonds. The molecule has 0 radical (unpaired) electrons. The van der Waals surface area contributed by atoms with Crippen LogP contribution in [0.5, 0.6) is 0 Å². The first-order valence-corrected chi connectivity index (χ1v) is 6.75. The first kappa shape index (κ1) is 13.0. The summed E-state index contributed by atoms with van der Waals surface area (Å²) in [6.07, 6.45) is 8.28. The highest BCUT2D eigenvalue weighted by atomic mass is 15.1. The quantitative estimate of drug-likeness (QED) is 0.710. The van der Waals surface area contributed by atoms with Crippen LogP contribution in [-0.4, -0.2) is 30.6 Å². The van der Waals surface area contributed by atoms with Gasteiger partial charge in [0.05, 0.1) is 0 Å². The number of rotatable bonds is 5. The summed E-state index contributed by atoms with van der Waals surface area (Å²) in [5.74, 6) is 0.892. The molecule has 2 heteroatoms. The zero-order valence-corrected chi connectivity index (χ0v) is 10.5. The molecule has 0 aromatic carbocycles. The van der Waals surface area contributed by atoms with E-state index >= 15 is 0 Å². The summed E-state index contributed by atoms with van der Waals surface area (Å²) in [6, 6.07) is 0.832. The third-order valence-electron chi connectivity index (χ3n) is 3.91. The first-order chi connectivity index (χ1) is 7.31. The summed E-state index contributed by atoms with van der Waals surface area (Å²) in [7, 11) is 0. The zero-order chi connectivity index (χ0) is 11.1. The van der Waals surface area contributed by atoms with Crippen molar-refractivity contribution in [1.29, 1.82) is 0 Å². The summed E-state index contributed by atoms with van der Waals surface area (Å²) >= 11 is 0. The van der Waals surface area contributed by atoms with Crippen LogP contribution in [0, 0.1) is 5.92 Å². The lowest BCUT2D eigenvalue weighted by Gasteiger charge is -2.30. The molecular weight excluding hydrogens is 184 g/mol. The lowest BCUT2D eigenvalue weighted by molar-refractivity contribution is 0.180. The molecule has 1 fully saturated rings. The summed E-state index contributed by atoms with van der Waals surface area (Å²) in [5.41, 5.74) is 5.68. The predicted molar refractivity (Wildman–Crippen MR) is 67.0 cm³/mol. The lowest BCUT2D eigenvalue weighted by atomic mass is 9.94. The van der Waals surface area contributed by atoms with Gasteiger partial charge in [-0.25, -0.2) is 0 Å². The van der Waals surface area contributed by atoms with Crippen molar-refractivity contribution in [2.24, 2.45) is 11.7 Å². The molecule has 0 spiro atoms. The van der Waals surface area contributed by atoms with Crippen molar-refractivity contribution in [3.8, 4) is 0 Å². The number of nitrogens with two attached hydrogens (primary N) is 1. The van der Waals surface area contributed by atoms with Crippen LogP contribution in [0.1, 0.15) is 52.4 Å². The van der Waals surface area contributed by atoms with Gasteiger partial charge in [0.25, 0.3) is 0 Å². The molecule has 2 unspecified atom stereocenters. The fourth-order valence-corrected chi connectivity index (χ4v) is 3.00. The predicted octanol–water partition coefficient (Wildman–Crippen LogP) is 2.63. The highest BCUT2D eigenvalue weighted by Crippen LogP contribution is 2.28. The SMILES string of the molecule is CCN(CC)C1CCCCC(CCN)C1. The average Bonchev–Trinajstić information content (AvgIpc) is 2.46. The molecule has 2 atom stereocenters. The molecule has 0 aliphatic heterocycles. The monoisotopic (exact) mass is 212 g/mol. The van der Waals surface area contributed by atoms with Crippen LogP contribution in [0.25, 0.3) is 0 Å². The number of hydrogen-bond donors (Lipinski definition) is 1. The molecule has 0 heterocycles. The standard InChI is InChI=1S/C13H28N2/c1-3-15(4-2)13-8-6-5-7-12(11-13)9-10-14/h12-13H,3-11,14H2,1-2H3. The summed E-state index contributed by atoms with van der Waals surface area (Å²) < 4.78 is 0. The summed E-state index contributed by atoms with van der Waals surface area (Å²) in [4.78, 5) is 2.63. The van der Waals surface area contributed by atoms with Gasteiger partial charge >= 0.3 is 0 Å². The Morgan fingerprint density at radius 1 is 1.13 bits per heavy atom. The number of hydrogen-bond acceptors (Lipinski definition) is 2. The summed E-state index contributed by atoms with van der Waals surface area (Å²) in [5, 5.41) is 0. The van der Waals surface area contributed by atoms with Gasteiger partial charge in [0, 0.05) is 6.04 Å². The van der Waals surface area contributed by atoms with Crippen molar-refractivity contribution in [3.63, 3.8) is 0 Å². The molecule has 0 aromatic rings. The van der Waals surface area contributed by atoms with Gasteiger partial charge in [-0.15, -0.1) is 0 Å². The molecule has 15 heavy (non-hydrogen) atoms. The van der Waals surface area contributed by atoms with Crippen molar-refractivity contribution < 1.29 is 0 Å². The van der Waals surface area contributed by atoms with Crippen LogP contribution in [0.2, 0.25) is 0 Å². The van der Waals surface area contributed by atoms with Crippen molar-refractivity contribution >= 4 is 0 Å². The van der Waals surface area contributed by atoms with Gasteiger partial charge in [-0.05, 0) is 44.8 Å². The Morgan fingerprint density at radius 2 is 1.80 bits per heavy atom. The van der Waals surface area contributed by atoms with E-state index in [1.165, 1.54) is 51.6 Å². The highest BCUT2D eigenvalue weighted by Gasteiger charge is 2.22. The Morgan fingerprint density at radius 3 is 2.40 bits per heavy atom. The van der Waals surface area contributed by atoms with Crippen LogP contribution in [-0.2, 0) is 0 Å². The fourth-order valence-electron chi connectivity index (χ4n) is 3.00. The smallest absolute Gasteiger partial charge is 0.00976 e. The normalized spacial score (nSPS) is 28.0. The third-order valence-corrected chi connectivity index (χ3v) is 3.91. The topological polar surface area (TPSA) is 29.3 Å². The molecule has 1 rings (SSSR count). The van der Waals surface area contributed by atoms with Gasteiger partial charge in [0.2, 0.25) is 0 Å². The van der Waals surface area contributed by atoms with Crippen LogP contribution < -0.4 is 5.73 Å². The maximum Gasteiger partial charge on any atom is 0.00976 e. The molecule has 2 N–H and O–H groups in total. The average molecular weight is 212 g/mol. The maximum atomic E-state index is 5.68. The molecule has 90 valence electrons. The van der Waals surface area contributed by atoms with Crippen molar-refractivity contribution in [1.82, 2.24) is 4.90 Å². The largest absolute Gasteiger partial charge is 0.330 e. The Bertz CT molecular complexity index is 155. The third kappa shape index (κ3) is 4.12. The molecule has 2 nitrogen and oxygen atoms in total. The Balaban J connectivity index is 2.47. The van der Waals surface area contributed by atoms with E-state index in [0.717, 1.165) is 18.5 Å². The second-order valence-electron chi connectivity index (χ2n) is 4.84. The number of nitrogens with zero attached hydrogens (tertiary/aromatic N) is 1. The molecular formula is C13H28N2. The van der Waals surface area contributed by atoms with Crippen LogP contribution in [0.4, 0.5) is 0 Å². The lowest BCUT2D eigenvalue weighted by Crippen LogP contribution is -2.36. The molecule has 0 aromatic heterocycles. The molecule has 1 saturated carbocycles. The minimum atomic E-state index is 0.832.